The number of hydrogen-bond donors (Lipinski definition) is 1. The Bertz CT molecular complexity index is 652. The van der Waals surface area contributed by atoms with E-state index in [1.54, 1.807) is 19.4 Å². The highest BCUT2D eigenvalue weighted by Crippen LogP contribution is 2.33. The van der Waals surface area contributed by atoms with Crippen LogP contribution in [0, 0.1) is 0 Å². The Morgan fingerprint density at radius 3 is 2.36 bits per heavy atom. The average molecular weight is 341 g/mol. The number of amides is 1. The zero-order valence-corrected chi connectivity index (χ0v) is 13.5. The molecule has 116 valence electrons. The number of carbonyl (C=O) groups is 1. The molecule has 0 fully saturated rings. The van der Waals surface area contributed by atoms with Gasteiger partial charge in [0.1, 0.15) is 0 Å². The fraction of sp³-hybridized carbons (Fsp3) is 0.200. The highest BCUT2D eigenvalue weighted by Gasteiger charge is 2.13. The van der Waals surface area contributed by atoms with Gasteiger partial charge in [-0.25, -0.2) is 4.98 Å². The van der Waals surface area contributed by atoms with E-state index < -0.39 is 0 Å². The minimum atomic E-state index is -0.290. The van der Waals surface area contributed by atoms with Crippen molar-refractivity contribution in [2.75, 3.05) is 14.2 Å². The number of nitrogens with one attached hydrogen (secondary N) is 1. The van der Waals surface area contributed by atoms with Crippen molar-refractivity contribution in [1.82, 2.24) is 10.3 Å². The molecule has 0 spiro atoms. The van der Waals surface area contributed by atoms with Gasteiger partial charge in [-0.05, 0) is 17.7 Å². The highest BCUT2D eigenvalue weighted by atomic mass is 35.5. The van der Waals surface area contributed by atoms with Crippen LogP contribution in [0.2, 0.25) is 10.0 Å². The number of aromatic nitrogens is 1. The van der Waals surface area contributed by atoms with Crippen LogP contribution in [-0.4, -0.2) is 25.1 Å². The summed E-state index contributed by atoms with van der Waals surface area (Å²) >= 11 is 12.0. The fourth-order valence-electron chi connectivity index (χ4n) is 1.81. The highest BCUT2D eigenvalue weighted by molar-refractivity contribution is 6.37. The number of benzene rings is 1. The van der Waals surface area contributed by atoms with Gasteiger partial charge >= 0.3 is 0 Å². The molecule has 2 aromatic rings. The lowest BCUT2D eigenvalue weighted by molar-refractivity contribution is 0.0951. The molecule has 0 bridgehead atoms. The predicted molar refractivity (Wildman–Crippen MR) is 85.0 cm³/mol. The number of rotatable bonds is 5. The lowest BCUT2D eigenvalue weighted by Gasteiger charge is -2.09. The van der Waals surface area contributed by atoms with Crippen molar-refractivity contribution < 1.29 is 14.3 Å². The maximum atomic E-state index is 12.1. The molecule has 0 unspecified atom stereocenters. The quantitative estimate of drug-likeness (QED) is 0.906. The van der Waals surface area contributed by atoms with E-state index in [4.69, 9.17) is 32.7 Å². The molecule has 1 N–H and O–H groups in total. The zero-order valence-electron chi connectivity index (χ0n) is 12.0. The average Bonchev–Trinajstić information content (AvgIpc) is 2.52. The largest absolute Gasteiger partial charge is 0.494 e. The third-order valence-corrected chi connectivity index (χ3v) is 3.49. The topological polar surface area (TPSA) is 60.5 Å². The van der Waals surface area contributed by atoms with Crippen LogP contribution in [0.4, 0.5) is 0 Å². The first-order chi connectivity index (χ1) is 10.5. The summed E-state index contributed by atoms with van der Waals surface area (Å²) in [5.41, 5.74) is 1.21. The molecule has 0 atom stereocenters. The number of pyridine rings is 1. The predicted octanol–water partition coefficient (Wildman–Crippen LogP) is 3.34. The van der Waals surface area contributed by atoms with E-state index in [1.165, 1.54) is 19.2 Å². The van der Waals surface area contributed by atoms with E-state index in [9.17, 15) is 4.79 Å². The molecule has 7 heteroatoms. The Kier molecular flexibility index (Phi) is 5.46. The summed E-state index contributed by atoms with van der Waals surface area (Å²) < 4.78 is 10.0. The Balaban J connectivity index is 2.05. The van der Waals surface area contributed by atoms with Gasteiger partial charge in [0.15, 0.2) is 5.75 Å². The number of nitrogens with zero attached hydrogens (tertiary/aromatic N) is 1. The van der Waals surface area contributed by atoms with Crippen LogP contribution in [0.5, 0.6) is 11.6 Å². The number of halogens is 2. The van der Waals surface area contributed by atoms with Gasteiger partial charge in [-0.15, -0.1) is 0 Å². The van der Waals surface area contributed by atoms with Crippen molar-refractivity contribution in [3.63, 3.8) is 0 Å². The summed E-state index contributed by atoms with van der Waals surface area (Å²) in [7, 11) is 3.00. The minimum Gasteiger partial charge on any atom is -0.494 e. The molecule has 0 aliphatic heterocycles. The molecular weight excluding hydrogens is 327 g/mol. The summed E-state index contributed by atoms with van der Waals surface area (Å²) in [5, 5.41) is 3.33. The maximum Gasteiger partial charge on any atom is 0.251 e. The van der Waals surface area contributed by atoms with E-state index in [-0.39, 0.29) is 16.0 Å². The summed E-state index contributed by atoms with van der Waals surface area (Å²) in [6.07, 6.45) is 1.63. The van der Waals surface area contributed by atoms with Crippen molar-refractivity contribution in [2.45, 2.75) is 6.54 Å². The van der Waals surface area contributed by atoms with E-state index in [1.807, 2.05) is 6.07 Å². The zero-order chi connectivity index (χ0) is 16.1. The minimum absolute atomic E-state index is 0.284. The second kappa shape index (κ2) is 7.33. The first kappa shape index (κ1) is 16.4. The number of hydrogen-bond acceptors (Lipinski definition) is 4. The van der Waals surface area contributed by atoms with E-state index >= 15 is 0 Å². The molecule has 1 aromatic heterocycles. The van der Waals surface area contributed by atoms with Gasteiger partial charge in [0.25, 0.3) is 5.91 Å². The van der Waals surface area contributed by atoms with Crippen LogP contribution in [0.25, 0.3) is 0 Å². The van der Waals surface area contributed by atoms with Crippen LogP contribution in [0.3, 0.4) is 0 Å². The molecule has 1 aromatic carbocycles. The lowest BCUT2D eigenvalue weighted by atomic mass is 10.2. The third-order valence-electron chi connectivity index (χ3n) is 2.92. The van der Waals surface area contributed by atoms with Gasteiger partial charge in [0.2, 0.25) is 5.88 Å². The molecule has 0 saturated heterocycles. The molecule has 2 rings (SSSR count). The van der Waals surface area contributed by atoms with Crippen LogP contribution in [0.1, 0.15) is 15.9 Å². The van der Waals surface area contributed by atoms with Gasteiger partial charge in [0, 0.05) is 24.4 Å². The van der Waals surface area contributed by atoms with Gasteiger partial charge in [-0.1, -0.05) is 29.3 Å². The van der Waals surface area contributed by atoms with Crippen LogP contribution in [-0.2, 0) is 6.54 Å². The fourth-order valence-corrected chi connectivity index (χ4v) is 2.45. The van der Waals surface area contributed by atoms with Gasteiger partial charge < -0.3 is 14.8 Å². The van der Waals surface area contributed by atoms with Gasteiger partial charge in [-0.3, -0.25) is 4.79 Å². The normalized spacial score (nSPS) is 10.2. The molecule has 1 heterocycles. The first-order valence-electron chi connectivity index (χ1n) is 6.35. The molecule has 22 heavy (non-hydrogen) atoms. The maximum absolute atomic E-state index is 12.1. The van der Waals surface area contributed by atoms with Gasteiger partial charge in [-0.2, -0.15) is 0 Å². The monoisotopic (exact) mass is 340 g/mol. The summed E-state index contributed by atoms with van der Waals surface area (Å²) in [5.74, 6) is 0.574. The Hall–Kier alpha value is -1.98. The Labute approximate surface area is 138 Å². The van der Waals surface area contributed by atoms with Crippen LogP contribution >= 0.6 is 23.2 Å². The lowest BCUT2D eigenvalue weighted by Crippen LogP contribution is -2.22. The number of methoxy groups -OCH3 is 2. The molecule has 0 aliphatic rings. The Morgan fingerprint density at radius 2 is 1.86 bits per heavy atom. The SMILES string of the molecule is COc1ccc(CNC(=O)c2cc(Cl)c(OC)c(Cl)c2)cn1. The second-order valence-corrected chi connectivity index (χ2v) is 5.18. The van der Waals surface area contributed by atoms with Crippen molar-refractivity contribution >= 4 is 29.1 Å². The van der Waals surface area contributed by atoms with Crippen molar-refractivity contribution in [3.05, 3.63) is 51.6 Å². The molecular formula is C15H14Cl2N2O3. The first-order valence-corrected chi connectivity index (χ1v) is 7.11. The molecule has 5 nitrogen and oxygen atoms in total. The Morgan fingerprint density at radius 1 is 1.18 bits per heavy atom. The van der Waals surface area contributed by atoms with Crippen molar-refractivity contribution in [1.29, 1.82) is 0 Å². The summed E-state index contributed by atoms with van der Waals surface area (Å²) in [6, 6.07) is 6.56. The second-order valence-electron chi connectivity index (χ2n) is 4.36. The smallest absolute Gasteiger partial charge is 0.251 e. The molecule has 0 radical (unpaired) electrons. The van der Waals surface area contributed by atoms with Gasteiger partial charge in [0.05, 0.1) is 24.3 Å². The van der Waals surface area contributed by atoms with Crippen molar-refractivity contribution in [2.24, 2.45) is 0 Å². The third kappa shape index (κ3) is 3.81. The molecule has 1 amide bonds. The van der Waals surface area contributed by atoms with Crippen molar-refractivity contribution in [3.8, 4) is 11.6 Å². The number of ether oxygens (including phenoxy) is 2. The van der Waals surface area contributed by atoms with E-state index in [0.717, 1.165) is 5.56 Å². The number of carbonyl (C=O) groups excluding carboxylic acids is 1. The molecule has 0 saturated carbocycles. The summed E-state index contributed by atoms with van der Waals surface area (Å²) in [4.78, 5) is 16.2. The van der Waals surface area contributed by atoms with E-state index in [2.05, 4.69) is 10.3 Å². The van der Waals surface area contributed by atoms with Crippen LogP contribution in [0.15, 0.2) is 30.5 Å². The summed E-state index contributed by atoms with van der Waals surface area (Å²) in [6.45, 7) is 0.330. The van der Waals surface area contributed by atoms with Crippen LogP contribution < -0.4 is 14.8 Å². The molecule has 0 aliphatic carbocycles. The van der Waals surface area contributed by atoms with E-state index in [0.29, 0.717) is 23.7 Å². The standard InChI is InChI=1S/C15H14Cl2N2O3/c1-21-13-4-3-9(7-18-13)8-19-15(20)10-5-11(16)14(22-2)12(17)6-10/h3-7H,8H2,1-2H3,(H,19,20).